The molecular formula is C16H13BrF3N3O2. The number of halogens is 4. The summed E-state index contributed by atoms with van der Waals surface area (Å²) in [5, 5.41) is 15.9. The lowest BCUT2D eigenvalue weighted by molar-refractivity contribution is -0.137. The summed E-state index contributed by atoms with van der Waals surface area (Å²) < 4.78 is 38.5. The highest BCUT2D eigenvalue weighted by Crippen LogP contribution is 2.30. The van der Waals surface area contributed by atoms with E-state index in [4.69, 9.17) is 0 Å². The Morgan fingerprint density at radius 2 is 2.00 bits per heavy atom. The highest BCUT2D eigenvalue weighted by molar-refractivity contribution is 9.10. The molecule has 2 aromatic carbocycles. The van der Waals surface area contributed by atoms with Gasteiger partial charge in [0.2, 0.25) is 0 Å². The van der Waals surface area contributed by atoms with Crippen LogP contribution in [0.4, 0.5) is 18.9 Å². The summed E-state index contributed by atoms with van der Waals surface area (Å²) in [6, 6.07) is 9.23. The van der Waals surface area contributed by atoms with E-state index < -0.39 is 17.6 Å². The summed E-state index contributed by atoms with van der Waals surface area (Å²) in [7, 11) is 0. The summed E-state index contributed by atoms with van der Waals surface area (Å²) in [6.45, 7) is -0.261. The van der Waals surface area contributed by atoms with Crippen LogP contribution in [0.2, 0.25) is 0 Å². The highest BCUT2D eigenvalue weighted by Gasteiger charge is 2.30. The van der Waals surface area contributed by atoms with E-state index in [-0.39, 0.29) is 18.0 Å². The topological polar surface area (TPSA) is 73.7 Å². The number of alkyl halides is 3. The van der Waals surface area contributed by atoms with Gasteiger partial charge in [0.1, 0.15) is 5.75 Å². The van der Waals surface area contributed by atoms with E-state index in [1.54, 1.807) is 12.1 Å². The third-order valence-electron chi connectivity index (χ3n) is 3.03. The Labute approximate surface area is 149 Å². The van der Waals surface area contributed by atoms with Gasteiger partial charge in [0, 0.05) is 15.7 Å². The van der Waals surface area contributed by atoms with Gasteiger partial charge >= 0.3 is 6.18 Å². The van der Waals surface area contributed by atoms with Gasteiger partial charge < -0.3 is 10.4 Å². The molecule has 0 spiro atoms. The predicted molar refractivity (Wildman–Crippen MR) is 91.5 cm³/mol. The van der Waals surface area contributed by atoms with Crippen molar-refractivity contribution < 1.29 is 23.1 Å². The van der Waals surface area contributed by atoms with E-state index in [1.807, 2.05) is 0 Å². The van der Waals surface area contributed by atoms with Gasteiger partial charge in [-0.05, 0) is 36.4 Å². The quantitative estimate of drug-likeness (QED) is 0.514. The van der Waals surface area contributed by atoms with Crippen LogP contribution in [0.3, 0.4) is 0 Å². The molecule has 25 heavy (non-hydrogen) atoms. The van der Waals surface area contributed by atoms with Crippen LogP contribution in [-0.2, 0) is 11.0 Å². The molecule has 0 aromatic heterocycles. The van der Waals surface area contributed by atoms with Crippen molar-refractivity contribution in [2.24, 2.45) is 5.10 Å². The molecule has 0 fully saturated rings. The summed E-state index contributed by atoms with van der Waals surface area (Å²) in [5.74, 6) is -0.563. The molecule has 0 saturated carbocycles. The van der Waals surface area contributed by atoms with Gasteiger partial charge in [0.15, 0.2) is 0 Å². The molecular weight excluding hydrogens is 403 g/mol. The van der Waals surface area contributed by atoms with E-state index >= 15 is 0 Å². The van der Waals surface area contributed by atoms with Gasteiger partial charge in [-0.2, -0.15) is 18.3 Å². The molecule has 0 heterocycles. The number of nitrogens with one attached hydrogen (secondary N) is 2. The standard InChI is InChI=1S/C16H13BrF3N3O2/c17-12-4-5-14(24)10(6-12)8-22-23-15(25)9-21-13-3-1-2-11(7-13)16(18,19)20/h1-8,21,24H,9H2,(H,23,25)/b22-8+. The van der Waals surface area contributed by atoms with Gasteiger partial charge in [0.25, 0.3) is 5.91 Å². The Balaban J connectivity index is 1.89. The molecule has 2 aromatic rings. The van der Waals surface area contributed by atoms with Crippen LogP contribution < -0.4 is 10.7 Å². The fourth-order valence-corrected chi connectivity index (χ4v) is 2.21. The molecule has 2 rings (SSSR count). The third kappa shape index (κ3) is 5.79. The number of rotatable bonds is 5. The van der Waals surface area contributed by atoms with Crippen molar-refractivity contribution in [2.45, 2.75) is 6.18 Å². The van der Waals surface area contributed by atoms with Crippen molar-refractivity contribution in [2.75, 3.05) is 11.9 Å². The number of nitrogens with zero attached hydrogens (tertiary/aromatic N) is 1. The number of anilines is 1. The third-order valence-corrected chi connectivity index (χ3v) is 3.52. The Morgan fingerprint density at radius 3 is 2.72 bits per heavy atom. The SMILES string of the molecule is O=C(CNc1cccc(C(F)(F)F)c1)N/N=C/c1cc(Br)ccc1O. The van der Waals surface area contributed by atoms with Gasteiger partial charge in [-0.3, -0.25) is 4.79 Å². The lowest BCUT2D eigenvalue weighted by Gasteiger charge is -2.10. The number of phenolic OH excluding ortho intramolecular Hbond substituents is 1. The average molecular weight is 416 g/mol. The molecule has 0 bridgehead atoms. The van der Waals surface area contributed by atoms with Gasteiger partial charge in [-0.1, -0.05) is 22.0 Å². The van der Waals surface area contributed by atoms with Crippen molar-refractivity contribution in [3.8, 4) is 5.75 Å². The molecule has 1 amide bonds. The van der Waals surface area contributed by atoms with E-state index in [0.717, 1.165) is 16.6 Å². The fraction of sp³-hybridized carbons (Fsp3) is 0.125. The fourth-order valence-electron chi connectivity index (χ4n) is 1.83. The second kappa shape index (κ2) is 8.02. The lowest BCUT2D eigenvalue weighted by atomic mass is 10.2. The Hall–Kier alpha value is -2.55. The normalized spacial score (nSPS) is 11.5. The first-order valence-corrected chi connectivity index (χ1v) is 7.76. The van der Waals surface area contributed by atoms with Gasteiger partial charge in [-0.15, -0.1) is 0 Å². The maximum absolute atomic E-state index is 12.6. The zero-order valence-electron chi connectivity index (χ0n) is 12.6. The molecule has 0 aliphatic rings. The molecule has 0 unspecified atom stereocenters. The van der Waals surface area contributed by atoms with Crippen LogP contribution in [0.25, 0.3) is 0 Å². The lowest BCUT2D eigenvalue weighted by Crippen LogP contribution is -2.26. The van der Waals surface area contributed by atoms with Crippen LogP contribution in [-0.4, -0.2) is 23.8 Å². The second-order valence-electron chi connectivity index (χ2n) is 4.93. The van der Waals surface area contributed by atoms with Crippen molar-refractivity contribution in [1.29, 1.82) is 0 Å². The van der Waals surface area contributed by atoms with Gasteiger partial charge in [0.05, 0.1) is 18.3 Å². The number of carbonyl (C=O) groups is 1. The van der Waals surface area contributed by atoms with E-state index in [9.17, 15) is 23.1 Å². The number of hydrogen-bond acceptors (Lipinski definition) is 4. The Morgan fingerprint density at radius 1 is 1.24 bits per heavy atom. The van der Waals surface area contributed by atoms with E-state index in [1.165, 1.54) is 24.4 Å². The predicted octanol–water partition coefficient (Wildman–Crippen LogP) is 3.74. The second-order valence-corrected chi connectivity index (χ2v) is 5.84. The van der Waals surface area contributed by atoms with E-state index in [0.29, 0.717) is 5.56 Å². The summed E-state index contributed by atoms with van der Waals surface area (Å²) in [5.41, 5.74) is 1.96. The number of hydrogen-bond donors (Lipinski definition) is 3. The molecule has 0 aliphatic carbocycles. The summed E-state index contributed by atoms with van der Waals surface area (Å²) in [4.78, 5) is 11.7. The van der Waals surface area contributed by atoms with Crippen LogP contribution in [0.15, 0.2) is 52.0 Å². The Bertz CT molecular complexity index is 794. The van der Waals surface area contributed by atoms with Gasteiger partial charge in [-0.25, -0.2) is 5.43 Å². The highest BCUT2D eigenvalue weighted by atomic mass is 79.9. The number of amides is 1. The number of phenols is 1. The zero-order chi connectivity index (χ0) is 18.4. The number of carbonyl (C=O) groups excluding carboxylic acids is 1. The number of benzene rings is 2. The molecule has 5 nitrogen and oxygen atoms in total. The minimum atomic E-state index is -4.45. The first-order chi connectivity index (χ1) is 11.8. The van der Waals surface area contributed by atoms with Crippen LogP contribution >= 0.6 is 15.9 Å². The zero-order valence-corrected chi connectivity index (χ0v) is 14.2. The molecule has 0 radical (unpaired) electrons. The molecule has 132 valence electrons. The smallest absolute Gasteiger partial charge is 0.416 e. The van der Waals surface area contributed by atoms with Crippen LogP contribution in [0, 0.1) is 0 Å². The average Bonchev–Trinajstić information content (AvgIpc) is 2.55. The van der Waals surface area contributed by atoms with Crippen LogP contribution in [0.1, 0.15) is 11.1 Å². The maximum Gasteiger partial charge on any atom is 0.416 e. The van der Waals surface area contributed by atoms with Crippen LogP contribution in [0.5, 0.6) is 5.75 Å². The Kier molecular flexibility index (Phi) is 6.02. The number of hydrazone groups is 1. The maximum atomic E-state index is 12.6. The minimum absolute atomic E-state index is 0.0108. The van der Waals surface area contributed by atoms with Crippen molar-refractivity contribution in [3.05, 3.63) is 58.1 Å². The first-order valence-electron chi connectivity index (χ1n) is 6.97. The molecule has 3 N–H and O–H groups in total. The first kappa shape index (κ1) is 18.8. The van der Waals surface area contributed by atoms with Crippen molar-refractivity contribution in [3.63, 3.8) is 0 Å². The molecule has 0 aliphatic heterocycles. The monoisotopic (exact) mass is 415 g/mol. The molecule has 0 atom stereocenters. The van der Waals surface area contributed by atoms with Crippen molar-refractivity contribution >= 4 is 33.7 Å². The summed E-state index contributed by atoms with van der Waals surface area (Å²) >= 11 is 3.24. The number of aromatic hydroxyl groups is 1. The molecule has 9 heteroatoms. The summed E-state index contributed by atoms with van der Waals surface area (Å²) in [6.07, 6.45) is -3.20. The minimum Gasteiger partial charge on any atom is -0.507 e. The van der Waals surface area contributed by atoms with E-state index in [2.05, 4.69) is 31.8 Å². The largest absolute Gasteiger partial charge is 0.507 e. The van der Waals surface area contributed by atoms with Crippen molar-refractivity contribution in [1.82, 2.24) is 5.43 Å². The molecule has 0 saturated heterocycles.